The van der Waals surface area contributed by atoms with Crippen molar-refractivity contribution in [3.05, 3.63) is 42.0 Å². The van der Waals surface area contributed by atoms with Gasteiger partial charge in [-0.1, -0.05) is 6.07 Å². The van der Waals surface area contributed by atoms with Crippen LogP contribution in [0.25, 0.3) is 0 Å². The van der Waals surface area contributed by atoms with E-state index < -0.39 is 12.0 Å². The number of nitrogens with one attached hydrogen (secondary N) is 1. The molecule has 0 aliphatic rings. The standard InChI is InChI=1S/C17H23N3O4/c1-11(2)20-10-18-8-13(20)9-19-16(17(22)24-4)12-5-6-15(23-3)14(21)7-12/h5-8,10-11,16,19,21H,9H2,1-4H3. The zero-order valence-corrected chi connectivity index (χ0v) is 14.3. The number of phenolic OH excluding ortho intramolecular Hbond substituents is 1. The average Bonchev–Trinajstić information content (AvgIpc) is 3.03. The maximum atomic E-state index is 12.1. The molecule has 1 aromatic carbocycles. The van der Waals surface area contributed by atoms with Crippen LogP contribution in [-0.2, 0) is 16.1 Å². The van der Waals surface area contributed by atoms with E-state index in [4.69, 9.17) is 9.47 Å². The van der Waals surface area contributed by atoms with E-state index in [1.807, 2.05) is 4.57 Å². The van der Waals surface area contributed by atoms with Crippen LogP contribution >= 0.6 is 0 Å². The molecule has 0 aliphatic carbocycles. The van der Waals surface area contributed by atoms with Crippen LogP contribution in [0, 0.1) is 0 Å². The van der Waals surface area contributed by atoms with Crippen LogP contribution in [0.2, 0.25) is 0 Å². The third kappa shape index (κ3) is 3.86. The van der Waals surface area contributed by atoms with E-state index >= 15 is 0 Å². The normalized spacial score (nSPS) is 12.2. The summed E-state index contributed by atoms with van der Waals surface area (Å²) in [6.07, 6.45) is 3.51. The Morgan fingerprint density at radius 1 is 1.38 bits per heavy atom. The Labute approximate surface area is 141 Å². The van der Waals surface area contributed by atoms with Crippen molar-refractivity contribution in [3.8, 4) is 11.5 Å². The fourth-order valence-corrected chi connectivity index (χ4v) is 2.48. The molecule has 2 aromatic rings. The molecule has 1 atom stereocenters. The number of aromatic nitrogens is 2. The van der Waals surface area contributed by atoms with Gasteiger partial charge in [0.05, 0.1) is 26.2 Å². The molecule has 24 heavy (non-hydrogen) atoms. The summed E-state index contributed by atoms with van der Waals surface area (Å²) in [5.41, 5.74) is 1.55. The van der Waals surface area contributed by atoms with Gasteiger partial charge in [-0.25, -0.2) is 9.78 Å². The zero-order valence-electron chi connectivity index (χ0n) is 14.3. The molecule has 1 aromatic heterocycles. The lowest BCUT2D eigenvalue weighted by Crippen LogP contribution is -2.30. The number of benzene rings is 1. The molecule has 7 nitrogen and oxygen atoms in total. The van der Waals surface area contributed by atoms with Crippen molar-refractivity contribution in [1.82, 2.24) is 14.9 Å². The second kappa shape index (κ2) is 7.83. The number of nitrogens with zero attached hydrogens (tertiary/aromatic N) is 2. The van der Waals surface area contributed by atoms with E-state index in [0.717, 1.165) is 5.69 Å². The van der Waals surface area contributed by atoms with Crippen molar-refractivity contribution in [2.75, 3.05) is 14.2 Å². The van der Waals surface area contributed by atoms with E-state index in [2.05, 4.69) is 24.1 Å². The lowest BCUT2D eigenvalue weighted by Gasteiger charge is -2.19. The number of methoxy groups -OCH3 is 2. The molecule has 0 bridgehead atoms. The molecule has 2 rings (SSSR count). The predicted molar refractivity (Wildman–Crippen MR) is 88.9 cm³/mol. The smallest absolute Gasteiger partial charge is 0.327 e. The summed E-state index contributed by atoms with van der Waals surface area (Å²) >= 11 is 0. The van der Waals surface area contributed by atoms with Crippen molar-refractivity contribution in [2.24, 2.45) is 0 Å². The van der Waals surface area contributed by atoms with Gasteiger partial charge in [0.1, 0.15) is 6.04 Å². The maximum Gasteiger partial charge on any atom is 0.327 e. The van der Waals surface area contributed by atoms with Gasteiger partial charge in [0.15, 0.2) is 11.5 Å². The summed E-state index contributed by atoms with van der Waals surface area (Å²) in [7, 11) is 2.80. The molecule has 1 unspecified atom stereocenters. The first-order valence-electron chi connectivity index (χ1n) is 7.66. The van der Waals surface area contributed by atoms with E-state index in [1.165, 1.54) is 20.3 Å². The van der Waals surface area contributed by atoms with E-state index in [-0.39, 0.29) is 11.8 Å². The van der Waals surface area contributed by atoms with Gasteiger partial charge in [0.25, 0.3) is 0 Å². The van der Waals surface area contributed by atoms with E-state index in [1.54, 1.807) is 24.7 Å². The minimum atomic E-state index is -0.706. The van der Waals surface area contributed by atoms with Gasteiger partial charge >= 0.3 is 5.97 Å². The Bertz CT molecular complexity index is 697. The molecule has 0 spiro atoms. The number of hydrogen-bond acceptors (Lipinski definition) is 6. The quantitative estimate of drug-likeness (QED) is 0.756. The molecular formula is C17H23N3O4. The number of rotatable bonds is 7. The lowest BCUT2D eigenvalue weighted by atomic mass is 10.1. The van der Waals surface area contributed by atoms with Crippen LogP contribution in [0.15, 0.2) is 30.7 Å². The van der Waals surface area contributed by atoms with Crippen LogP contribution in [-0.4, -0.2) is 34.8 Å². The highest BCUT2D eigenvalue weighted by Crippen LogP contribution is 2.29. The highest BCUT2D eigenvalue weighted by molar-refractivity contribution is 5.77. The highest BCUT2D eigenvalue weighted by Gasteiger charge is 2.22. The number of carbonyl (C=O) groups excluding carboxylic acids is 1. The number of carbonyl (C=O) groups is 1. The third-order valence-corrected chi connectivity index (χ3v) is 3.76. The Morgan fingerprint density at radius 2 is 2.12 bits per heavy atom. The molecule has 0 radical (unpaired) electrons. The Kier molecular flexibility index (Phi) is 5.81. The molecular weight excluding hydrogens is 310 g/mol. The van der Waals surface area contributed by atoms with Gasteiger partial charge in [-0.15, -0.1) is 0 Å². The Balaban J connectivity index is 2.21. The monoisotopic (exact) mass is 333 g/mol. The summed E-state index contributed by atoms with van der Waals surface area (Å²) in [5.74, 6) is -0.117. The number of phenols is 1. The minimum absolute atomic E-state index is 0.0297. The second-order valence-electron chi connectivity index (χ2n) is 5.65. The average molecular weight is 333 g/mol. The number of aromatic hydroxyl groups is 1. The van der Waals surface area contributed by atoms with Crippen molar-refractivity contribution < 1.29 is 19.4 Å². The van der Waals surface area contributed by atoms with E-state index in [0.29, 0.717) is 17.9 Å². The van der Waals surface area contributed by atoms with Gasteiger partial charge in [-0.05, 0) is 31.5 Å². The molecule has 0 saturated heterocycles. The summed E-state index contributed by atoms with van der Waals surface area (Å²) < 4.78 is 11.9. The van der Waals surface area contributed by atoms with Gasteiger partial charge in [0, 0.05) is 18.8 Å². The van der Waals surface area contributed by atoms with E-state index in [9.17, 15) is 9.90 Å². The van der Waals surface area contributed by atoms with Crippen LogP contribution in [0.3, 0.4) is 0 Å². The number of esters is 1. The maximum absolute atomic E-state index is 12.1. The first-order chi connectivity index (χ1) is 11.5. The molecule has 2 N–H and O–H groups in total. The van der Waals surface area contributed by atoms with Crippen LogP contribution in [0.1, 0.15) is 37.2 Å². The minimum Gasteiger partial charge on any atom is -0.504 e. The van der Waals surface area contributed by atoms with Gasteiger partial charge < -0.3 is 19.1 Å². The first kappa shape index (κ1) is 17.8. The number of ether oxygens (including phenoxy) is 2. The Morgan fingerprint density at radius 3 is 2.71 bits per heavy atom. The topological polar surface area (TPSA) is 85.6 Å². The fourth-order valence-electron chi connectivity index (χ4n) is 2.48. The highest BCUT2D eigenvalue weighted by atomic mass is 16.5. The molecule has 0 saturated carbocycles. The summed E-state index contributed by atoms with van der Waals surface area (Å²) in [4.78, 5) is 16.3. The first-order valence-corrected chi connectivity index (χ1v) is 7.66. The van der Waals surface area contributed by atoms with Gasteiger partial charge in [-0.2, -0.15) is 0 Å². The second-order valence-corrected chi connectivity index (χ2v) is 5.65. The molecule has 1 heterocycles. The lowest BCUT2D eigenvalue weighted by molar-refractivity contribution is -0.143. The summed E-state index contributed by atoms with van der Waals surface area (Å²) in [6.45, 7) is 4.56. The zero-order chi connectivity index (χ0) is 17.7. The molecule has 0 fully saturated rings. The van der Waals surface area contributed by atoms with Crippen LogP contribution < -0.4 is 10.1 Å². The van der Waals surface area contributed by atoms with Crippen molar-refractivity contribution in [1.29, 1.82) is 0 Å². The largest absolute Gasteiger partial charge is 0.504 e. The SMILES string of the molecule is COC(=O)C(NCc1cncn1C(C)C)c1ccc(OC)c(O)c1. The number of imidazole rings is 1. The van der Waals surface area contributed by atoms with Crippen LogP contribution in [0.5, 0.6) is 11.5 Å². The number of hydrogen-bond donors (Lipinski definition) is 2. The molecule has 7 heteroatoms. The summed E-state index contributed by atoms with van der Waals surface area (Å²) in [6, 6.07) is 4.38. The molecule has 130 valence electrons. The Hall–Kier alpha value is -2.54. The van der Waals surface area contributed by atoms with Crippen molar-refractivity contribution in [2.45, 2.75) is 32.5 Å². The molecule has 0 aliphatic heterocycles. The third-order valence-electron chi connectivity index (χ3n) is 3.76. The van der Waals surface area contributed by atoms with Gasteiger partial charge in [0.2, 0.25) is 0 Å². The summed E-state index contributed by atoms with van der Waals surface area (Å²) in [5, 5.41) is 13.1. The predicted octanol–water partition coefficient (Wildman–Crippen LogP) is 2.18. The molecule has 0 amide bonds. The van der Waals surface area contributed by atoms with Crippen molar-refractivity contribution in [3.63, 3.8) is 0 Å². The fraction of sp³-hybridized carbons (Fsp3) is 0.412. The van der Waals surface area contributed by atoms with Gasteiger partial charge in [-0.3, -0.25) is 5.32 Å². The van der Waals surface area contributed by atoms with Crippen molar-refractivity contribution >= 4 is 5.97 Å². The van der Waals surface area contributed by atoms with Crippen LogP contribution in [0.4, 0.5) is 0 Å².